The second-order valence-corrected chi connectivity index (χ2v) is 7.67. The van der Waals surface area contributed by atoms with Crippen molar-refractivity contribution in [3.05, 3.63) is 0 Å². The maximum Gasteiger partial charge on any atom is 0.243 e. The number of amides is 5. The standard InChI is InChI=1S/C18H32N8O5S/c1-10(27)26-7-3-5-13(26)17(31)24-11(4-2-6-22-18(20)21)16(30)25-12(9-32)15(29)23-8-14(19)28/h11-13,32H,2-9H2,1H3,(H2,19,28)(H,23,29)(H,24,31)(H,25,30)(H4,20,21,22)/t11-,12-,13-/m0/s1. The summed E-state index contributed by atoms with van der Waals surface area (Å²) in [6.45, 7) is 1.70. The molecule has 0 radical (unpaired) electrons. The van der Waals surface area contributed by atoms with Gasteiger partial charge in [0.2, 0.25) is 29.5 Å². The highest BCUT2D eigenvalue weighted by Crippen LogP contribution is 2.17. The van der Waals surface area contributed by atoms with E-state index in [-0.39, 0.29) is 37.1 Å². The third kappa shape index (κ3) is 8.99. The Morgan fingerprint density at radius 1 is 1.09 bits per heavy atom. The van der Waals surface area contributed by atoms with Crippen molar-refractivity contribution in [3.8, 4) is 0 Å². The molecular weight excluding hydrogens is 440 g/mol. The Balaban J connectivity index is 2.86. The molecule has 0 aromatic rings. The molecule has 1 saturated heterocycles. The average Bonchev–Trinajstić information content (AvgIpc) is 3.22. The van der Waals surface area contributed by atoms with Crippen LogP contribution in [0, 0.1) is 0 Å². The molecule has 13 nitrogen and oxygen atoms in total. The SMILES string of the molecule is CC(=O)N1CCC[C@H]1C(=O)N[C@@H](CCCN=C(N)N)C(=O)N[C@@H](CS)C(=O)NCC(N)=O. The molecule has 3 atom stereocenters. The second-order valence-electron chi connectivity index (χ2n) is 7.31. The zero-order chi connectivity index (χ0) is 24.3. The fourth-order valence-electron chi connectivity index (χ4n) is 3.22. The summed E-state index contributed by atoms with van der Waals surface area (Å²) < 4.78 is 0. The fourth-order valence-corrected chi connectivity index (χ4v) is 3.48. The smallest absolute Gasteiger partial charge is 0.243 e. The number of nitrogens with zero attached hydrogens (tertiary/aromatic N) is 2. The number of carbonyl (C=O) groups is 5. The lowest BCUT2D eigenvalue weighted by molar-refractivity contribution is -0.138. The van der Waals surface area contributed by atoms with Gasteiger partial charge >= 0.3 is 0 Å². The van der Waals surface area contributed by atoms with E-state index in [0.29, 0.717) is 25.8 Å². The lowest BCUT2D eigenvalue weighted by Gasteiger charge is -2.26. The van der Waals surface area contributed by atoms with Gasteiger partial charge in [0.15, 0.2) is 5.96 Å². The molecule has 5 amide bonds. The summed E-state index contributed by atoms with van der Waals surface area (Å²) in [4.78, 5) is 65.7. The summed E-state index contributed by atoms with van der Waals surface area (Å²) >= 11 is 4.06. The Bertz CT molecular complexity index is 743. The number of carbonyl (C=O) groups excluding carboxylic acids is 5. The molecule has 14 heteroatoms. The molecule has 1 aliphatic rings. The summed E-state index contributed by atoms with van der Waals surface area (Å²) in [5.74, 6) is -2.83. The van der Waals surface area contributed by atoms with E-state index in [4.69, 9.17) is 17.2 Å². The Labute approximate surface area is 191 Å². The first-order valence-corrected chi connectivity index (χ1v) is 10.8. The van der Waals surface area contributed by atoms with Gasteiger partial charge < -0.3 is 38.1 Å². The molecule has 0 bridgehead atoms. The number of hydrogen-bond donors (Lipinski definition) is 7. The van der Waals surface area contributed by atoms with Crippen LogP contribution in [0.3, 0.4) is 0 Å². The molecule has 0 spiro atoms. The minimum Gasteiger partial charge on any atom is -0.370 e. The third-order valence-electron chi connectivity index (χ3n) is 4.79. The van der Waals surface area contributed by atoms with E-state index in [1.54, 1.807) is 0 Å². The van der Waals surface area contributed by atoms with E-state index in [1.807, 2.05) is 0 Å². The Morgan fingerprint density at radius 2 is 1.78 bits per heavy atom. The molecule has 0 aliphatic carbocycles. The minimum atomic E-state index is -1.05. The van der Waals surface area contributed by atoms with Crippen molar-refractivity contribution in [3.63, 3.8) is 0 Å². The number of guanidine groups is 1. The summed E-state index contributed by atoms with van der Waals surface area (Å²) in [5.41, 5.74) is 15.6. The van der Waals surface area contributed by atoms with E-state index in [9.17, 15) is 24.0 Å². The second kappa shape index (κ2) is 13.4. The molecule has 0 aromatic heterocycles. The van der Waals surface area contributed by atoms with Gasteiger partial charge in [-0.3, -0.25) is 29.0 Å². The van der Waals surface area contributed by atoms with Crippen molar-refractivity contribution in [1.29, 1.82) is 0 Å². The number of nitrogens with one attached hydrogen (secondary N) is 3. The zero-order valence-corrected chi connectivity index (χ0v) is 18.9. The Morgan fingerprint density at radius 3 is 2.34 bits per heavy atom. The number of primary amides is 1. The molecule has 0 unspecified atom stereocenters. The van der Waals surface area contributed by atoms with Crippen molar-refractivity contribution in [1.82, 2.24) is 20.9 Å². The van der Waals surface area contributed by atoms with Crippen molar-refractivity contribution in [2.45, 2.75) is 50.7 Å². The number of hydrogen-bond acceptors (Lipinski definition) is 7. The number of likely N-dealkylation sites (tertiary alicyclic amines) is 1. The zero-order valence-electron chi connectivity index (χ0n) is 18.0. The van der Waals surface area contributed by atoms with Gasteiger partial charge in [-0.2, -0.15) is 12.6 Å². The van der Waals surface area contributed by atoms with Gasteiger partial charge in [0.05, 0.1) is 6.54 Å². The Hall–Kier alpha value is -3.03. The number of aliphatic imine (C=N–C) groups is 1. The maximum atomic E-state index is 12.9. The summed E-state index contributed by atoms with van der Waals surface area (Å²) in [5, 5.41) is 7.47. The van der Waals surface area contributed by atoms with Gasteiger partial charge in [0.25, 0.3) is 0 Å². The highest BCUT2D eigenvalue weighted by atomic mass is 32.1. The first-order chi connectivity index (χ1) is 15.1. The van der Waals surface area contributed by atoms with Crippen LogP contribution in [0.2, 0.25) is 0 Å². The van der Waals surface area contributed by atoms with Crippen LogP contribution in [-0.2, 0) is 24.0 Å². The van der Waals surface area contributed by atoms with Gasteiger partial charge in [-0.15, -0.1) is 0 Å². The van der Waals surface area contributed by atoms with E-state index < -0.39 is 41.8 Å². The van der Waals surface area contributed by atoms with Crippen molar-refractivity contribution in [2.24, 2.45) is 22.2 Å². The van der Waals surface area contributed by atoms with Gasteiger partial charge in [0.1, 0.15) is 18.1 Å². The molecular formula is C18H32N8O5S. The molecule has 0 saturated carbocycles. The van der Waals surface area contributed by atoms with Gasteiger partial charge in [0, 0.05) is 25.8 Å². The first-order valence-electron chi connectivity index (χ1n) is 10.2. The fraction of sp³-hybridized carbons (Fsp3) is 0.667. The van der Waals surface area contributed by atoms with Crippen LogP contribution < -0.4 is 33.2 Å². The average molecular weight is 473 g/mol. The predicted molar refractivity (Wildman–Crippen MR) is 120 cm³/mol. The van der Waals surface area contributed by atoms with Crippen molar-refractivity contribution >= 4 is 48.1 Å². The maximum absolute atomic E-state index is 12.9. The molecule has 1 heterocycles. The first kappa shape index (κ1) is 27.0. The van der Waals surface area contributed by atoms with Crippen LogP contribution in [0.15, 0.2) is 4.99 Å². The van der Waals surface area contributed by atoms with Crippen LogP contribution in [0.25, 0.3) is 0 Å². The highest BCUT2D eigenvalue weighted by molar-refractivity contribution is 7.80. The summed E-state index contributed by atoms with van der Waals surface area (Å²) in [7, 11) is 0. The van der Waals surface area contributed by atoms with Crippen LogP contribution in [0.1, 0.15) is 32.6 Å². The molecule has 0 aromatic carbocycles. The van der Waals surface area contributed by atoms with Crippen LogP contribution in [0.4, 0.5) is 0 Å². The van der Waals surface area contributed by atoms with Crippen LogP contribution in [-0.4, -0.2) is 83.9 Å². The number of nitrogens with two attached hydrogens (primary N) is 3. The topological polar surface area (TPSA) is 215 Å². The van der Waals surface area contributed by atoms with E-state index in [2.05, 4.69) is 33.6 Å². The van der Waals surface area contributed by atoms with E-state index in [0.717, 1.165) is 0 Å². The summed E-state index contributed by atoms with van der Waals surface area (Å²) in [6.07, 6.45) is 1.73. The van der Waals surface area contributed by atoms with E-state index in [1.165, 1.54) is 11.8 Å². The molecule has 1 fully saturated rings. The van der Waals surface area contributed by atoms with Crippen molar-refractivity contribution in [2.75, 3.05) is 25.4 Å². The molecule has 180 valence electrons. The highest BCUT2D eigenvalue weighted by Gasteiger charge is 2.35. The van der Waals surface area contributed by atoms with Crippen LogP contribution >= 0.6 is 12.6 Å². The van der Waals surface area contributed by atoms with Gasteiger partial charge in [-0.1, -0.05) is 0 Å². The van der Waals surface area contributed by atoms with E-state index >= 15 is 0 Å². The lowest BCUT2D eigenvalue weighted by atomic mass is 10.1. The molecule has 1 rings (SSSR count). The van der Waals surface area contributed by atoms with Gasteiger partial charge in [-0.25, -0.2) is 0 Å². The third-order valence-corrected chi connectivity index (χ3v) is 5.16. The monoisotopic (exact) mass is 472 g/mol. The minimum absolute atomic E-state index is 0.0499. The largest absolute Gasteiger partial charge is 0.370 e. The molecule has 32 heavy (non-hydrogen) atoms. The number of thiol groups is 1. The molecule has 9 N–H and O–H groups in total. The van der Waals surface area contributed by atoms with Gasteiger partial charge in [-0.05, 0) is 25.7 Å². The normalized spacial score (nSPS) is 17.1. The predicted octanol–water partition coefficient (Wildman–Crippen LogP) is -3.45. The van der Waals surface area contributed by atoms with Crippen molar-refractivity contribution < 1.29 is 24.0 Å². The van der Waals surface area contributed by atoms with Crippen LogP contribution in [0.5, 0.6) is 0 Å². The molecule has 1 aliphatic heterocycles. The summed E-state index contributed by atoms with van der Waals surface area (Å²) in [6, 6.07) is -2.72. The Kier molecular flexibility index (Phi) is 11.3. The lowest BCUT2D eigenvalue weighted by Crippen LogP contribution is -2.57. The quantitative estimate of drug-likeness (QED) is 0.0659. The number of rotatable bonds is 12.